The van der Waals surface area contributed by atoms with Gasteiger partial charge in [-0.2, -0.15) is 0 Å². The summed E-state index contributed by atoms with van der Waals surface area (Å²) in [4.78, 5) is 19.6. The Morgan fingerprint density at radius 3 is 1.38 bits per heavy atom. The Balaban J connectivity index is 0. The van der Waals surface area contributed by atoms with Gasteiger partial charge in [-0.25, -0.2) is 0 Å². The van der Waals surface area contributed by atoms with Crippen molar-refractivity contribution in [2.45, 2.75) is 13.8 Å². The Morgan fingerprint density at radius 1 is 1.12 bits per heavy atom. The number of rotatable bonds is 0. The summed E-state index contributed by atoms with van der Waals surface area (Å²) in [7, 11) is 0. The van der Waals surface area contributed by atoms with E-state index in [1.807, 2.05) is 0 Å². The monoisotopic (exact) mass is 129 g/mol. The van der Waals surface area contributed by atoms with Crippen molar-refractivity contribution in [3.63, 3.8) is 0 Å². The van der Waals surface area contributed by atoms with Gasteiger partial charge >= 0.3 is 29.3 Å². The van der Waals surface area contributed by atoms with Gasteiger partial charge in [0.05, 0.1) is 0 Å². The van der Waals surface area contributed by atoms with Crippen molar-refractivity contribution in [2.75, 3.05) is 0 Å². The number of hydrogen-bond donors (Lipinski definition) is 0. The molecule has 0 saturated heterocycles. The summed E-state index contributed by atoms with van der Waals surface area (Å²) in [5.41, 5.74) is 0. The molecule has 0 aromatic carbocycles. The van der Waals surface area contributed by atoms with Crippen LogP contribution in [0.25, 0.3) is 0 Å². The molecule has 0 aliphatic rings. The Morgan fingerprint density at radius 2 is 1.38 bits per heavy atom. The predicted molar refractivity (Wildman–Crippen MR) is 28.2 cm³/mol. The molecule has 0 fully saturated rings. The summed E-state index contributed by atoms with van der Waals surface area (Å²) in [5, 5.41) is 0. The molecule has 40 valence electrons. The molecule has 4 heteroatoms. The van der Waals surface area contributed by atoms with Crippen LogP contribution in [0.1, 0.15) is 13.8 Å². The molecule has 0 atom stereocenters. The van der Waals surface area contributed by atoms with Crippen LogP contribution < -0.4 is 0 Å². The molecule has 8 heavy (non-hydrogen) atoms. The van der Waals surface area contributed by atoms with E-state index in [0.717, 1.165) is 0 Å². The summed E-state index contributed by atoms with van der Waals surface area (Å²) in [5.74, 6) is -1.12. The minimum Gasteiger partial charge on any atom is -0.394 e. The maximum atomic E-state index is 9.81. The van der Waals surface area contributed by atoms with Crippen molar-refractivity contribution < 1.29 is 14.3 Å². The van der Waals surface area contributed by atoms with Gasteiger partial charge in [0.15, 0.2) is 0 Å². The fourth-order valence-corrected chi connectivity index (χ4v) is 0.202. The Hall–Kier alpha value is -0.328. The van der Waals surface area contributed by atoms with Crippen LogP contribution in [-0.4, -0.2) is 29.3 Å². The molecule has 0 spiro atoms. The van der Waals surface area contributed by atoms with Crippen molar-refractivity contribution >= 4 is 29.3 Å². The van der Waals surface area contributed by atoms with Crippen LogP contribution in [0, 0.1) is 0 Å². The van der Waals surface area contributed by atoms with Gasteiger partial charge in [0.1, 0.15) is 0 Å². The molecular weight excluding hydrogens is 123 g/mol. The van der Waals surface area contributed by atoms with Gasteiger partial charge in [0.25, 0.3) is 0 Å². The van der Waals surface area contributed by atoms with E-state index in [-0.39, 0.29) is 17.4 Å². The van der Waals surface area contributed by atoms with E-state index in [1.54, 1.807) is 0 Å². The smallest absolute Gasteiger partial charge is 0.394 e. The number of hydrogen-bond acceptors (Lipinski definition) is 3. The van der Waals surface area contributed by atoms with Crippen LogP contribution in [0.3, 0.4) is 0 Å². The number of carbonyl (C=O) groups is 2. The average Bonchev–Trinajstić information content (AvgIpc) is 1.27. The van der Waals surface area contributed by atoms with Gasteiger partial charge in [0.2, 0.25) is 0 Å². The summed E-state index contributed by atoms with van der Waals surface area (Å²) >= 11 is 0. The number of carbonyl (C=O) groups excluding carboxylic acids is 2. The molecule has 0 radical (unpaired) electrons. The molecule has 0 aromatic heterocycles. The first kappa shape index (κ1) is 10.6. The summed E-state index contributed by atoms with van der Waals surface area (Å²) in [6, 6.07) is 0. The second-order valence-electron chi connectivity index (χ2n) is 1.09. The largest absolute Gasteiger partial charge is 3.00 e. The van der Waals surface area contributed by atoms with Crippen LogP contribution >= 0.6 is 0 Å². The molecule has 0 bridgehead atoms. The van der Waals surface area contributed by atoms with Crippen molar-refractivity contribution in [3.05, 3.63) is 0 Å². The van der Waals surface area contributed by atoms with Gasteiger partial charge in [-0.15, -0.1) is 0 Å². The molecule has 0 heterocycles. The van der Waals surface area contributed by atoms with Crippen molar-refractivity contribution in [3.8, 4) is 0 Å². The number of ether oxygens (including phenoxy) is 1. The minimum absolute atomic E-state index is 0. The van der Waals surface area contributed by atoms with E-state index < -0.39 is 11.9 Å². The molecule has 0 aliphatic heterocycles. The quantitative estimate of drug-likeness (QED) is 0.256. The molecule has 0 N–H and O–H groups in total. The molecule has 0 rings (SSSR count). The van der Waals surface area contributed by atoms with Crippen LogP contribution in [-0.2, 0) is 14.3 Å². The third-order valence-corrected chi connectivity index (χ3v) is 0.287. The number of esters is 2. The van der Waals surface area contributed by atoms with Gasteiger partial charge < -0.3 is 4.74 Å². The van der Waals surface area contributed by atoms with E-state index in [1.165, 1.54) is 13.8 Å². The van der Waals surface area contributed by atoms with E-state index in [2.05, 4.69) is 4.74 Å². The van der Waals surface area contributed by atoms with Crippen LogP contribution in [0.2, 0.25) is 0 Å². The first-order valence-electron chi connectivity index (χ1n) is 1.82. The van der Waals surface area contributed by atoms with Gasteiger partial charge in [-0.3, -0.25) is 9.59 Å². The van der Waals surface area contributed by atoms with E-state index in [9.17, 15) is 9.59 Å². The normalized spacial score (nSPS) is 6.75. The second-order valence-corrected chi connectivity index (χ2v) is 1.09. The second kappa shape index (κ2) is 4.82. The average molecular weight is 129 g/mol. The molecule has 0 saturated carbocycles. The van der Waals surface area contributed by atoms with Crippen LogP contribution in [0.5, 0.6) is 0 Å². The van der Waals surface area contributed by atoms with Crippen molar-refractivity contribution in [1.82, 2.24) is 0 Å². The maximum Gasteiger partial charge on any atom is 3.00 e. The van der Waals surface area contributed by atoms with E-state index in [4.69, 9.17) is 0 Å². The van der Waals surface area contributed by atoms with Crippen LogP contribution in [0.4, 0.5) is 0 Å². The molecular formula is C4H6AlO3+3. The van der Waals surface area contributed by atoms with Gasteiger partial charge in [-0.1, -0.05) is 0 Å². The maximum absolute atomic E-state index is 9.81. The Labute approximate surface area is 58.1 Å². The summed E-state index contributed by atoms with van der Waals surface area (Å²) in [6.07, 6.45) is 0. The summed E-state index contributed by atoms with van der Waals surface area (Å²) in [6.45, 7) is 2.36. The zero-order valence-electron chi connectivity index (χ0n) is 4.80. The SMILES string of the molecule is CC(=O)OC(C)=O.[Al+3]. The Bertz CT molecular complexity index is 87.5. The molecule has 0 unspecified atom stereocenters. The standard InChI is InChI=1S/C4H6O3.Al/c1-3(5)7-4(2)6;/h1-2H3;/q;+3. The van der Waals surface area contributed by atoms with Crippen molar-refractivity contribution in [2.24, 2.45) is 0 Å². The molecule has 3 nitrogen and oxygen atoms in total. The first-order chi connectivity index (χ1) is 3.13. The first-order valence-corrected chi connectivity index (χ1v) is 1.82. The summed E-state index contributed by atoms with van der Waals surface area (Å²) < 4.78 is 3.97. The molecule has 0 amide bonds. The zero-order chi connectivity index (χ0) is 5.86. The van der Waals surface area contributed by atoms with Gasteiger partial charge in [-0.05, 0) is 0 Å². The Kier molecular flexibility index (Phi) is 6.40. The fraction of sp³-hybridized carbons (Fsp3) is 0.500. The topological polar surface area (TPSA) is 43.4 Å². The third-order valence-electron chi connectivity index (χ3n) is 0.287. The van der Waals surface area contributed by atoms with E-state index >= 15 is 0 Å². The zero-order valence-corrected chi connectivity index (χ0v) is 5.96. The van der Waals surface area contributed by atoms with Gasteiger partial charge in [0, 0.05) is 13.8 Å². The predicted octanol–water partition coefficient (Wildman–Crippen LogP) is -0.285. The fourth-order valence-electron chi connectivity index (χ4n) is 0.202. The molecule has 0 aromatic rings. The van der Waals surface area contributed by atoms with E-state index in [0.29, 0.717) is 0 Å². The van der Waals surface area contributed by atoms with Crippen LogP contribution in [0.15, 0.2) is 0 Å². The third kappa shape index (κ3) is 9.18. The van der Waals surface area contributed by atoms with Crippen molar-refractivity contribution in [1.29, 1.82) is 0 Å². The molecule has 0 aliphatic carbocycles. The minimum atomic E-state index is -0.562.